The maximum absolute atomic E-state index is 12.6. The van der Waals surface area contributed by atoms with Crippen LogP contribution >= 0.6 is 23.2 Å². The van der Waals surface area contributed by atoms with Crippen molar-refractivity contribution >= 4 is 40.6 Å². The van der Waals surface area contributed by atoms with E-state index in [1.807, 2.05) is 6.92 Å². The lowest BCUT2D eigenvalue weighted by Gasteiger charge is -2.33. The van der Waals surface area contributed by atoms with E-state index in [-0.39, 0.29) is 12.1 Å². The molecule has 0 bridgehead atoms. The number of nitrogens with zero attached hydrogens (tertiary/aromatic N) is 1. The third kappa shape index (κ3) is 3.13. The highest BCUT2D eigenvalue weighted by molar-refractivity contribution is 6.31. The summed E-state index contributed by atoms with van der Waals surface area (Å²) < 4.78 is 5.74. The molecule has 0 unspecified atom stereocenters. The number of rotatable bonds is 1. The summed E-state index contributed by atoms with van der Waals surface area (Å²) in [6.07, 6.45) is -0.0929. The molecule has 1 aliphatic heterocycles. The van der Waals surface area contributed by atoms with E-state index in [4.69, 9.17) is 27.9 Å². The first kappa shape index (κ1) is 15.0. The van der Waals surface area contributed by atoms with Gasteiger partial charge in [-0.1, -0.05) is 23.2 Å². The molecule has 2 aromatic carbocycles. The second-order valence-corrected chi connectivity index (χ2v) is 5.96. The van der Waals surface area contributed by atoms with Crippen LogP contribution in [0.25, 0.3) is 0 Å². The fourth-order valence-electron chi connectivity index (χ4n) is 2.33. The maximum atomic E-state index is 12.6. The van der Waals surface area contributed by atoms with Gasteiger partial charge in [-0.25, -0.2) is 4.79 Å². The molecular formula is C16H14Cl2N2O2. The minimum Gasteiger partial charge on any atom is -0.487 e. The lowest BCUT2D eigenvalue weighted by molar-refractivity contribution is 0.208. The number of ether oxygens (including phenoxy) is 1. The van der Waals surface area contributed by atoms with E-state index < -0.39 is 0 Å². The Bertz CT molecular complexity index is 704. The van der Waals surface area contributed by atoms with Crippen LogP contribution in [0.2, 0.25) is 10.0 Å². The molecule has 1 N–H and O–H groups in total. The molecular weight excluding hydrogens is 323 g/mol. The van der Waals surface area contributed by atoms with Gasteiger partial charge in [-0.2, -0.15) is 0 Å². The van der Waals surface area contributed by atoms with Crippen molar-refractivity contribution < 1.29 is 9.53 Å². The summed E-state index contributed by atoms with van der Waals surface area (Å²) in [5, 5.41) is 4.03. The van der Waals surface area contributed by atoms with E-state index in [2.05, 4.69) is 5.32 Å². The van der Waals surface area contributed by atoms with Crippen LogP contribution in [0.3, 0.4) is 0 Å². The fourth-order valence-corrected chi connectivity index (χ4v) is 2.62. The molecule has 6 heteroatoms. The quantitative estimate of drug-likeness (QED) is 0.811. The Labute approximate surface area is 138 Å². The first-order valence-corrected chi connectivity index (χ1v) is 7.59. The van der Waals surface area contributed by atoms with E-state index in [1.54, 1.807) is 47.4 Å². The predicted molar refractivity (Wildman–Crippen MR) is 89.4 cm³/mol. The van der Waals surface area contributed by atoms with Crippen LogP contribution in [0.15, 0.2) is 42.5 Å². The van der Waals surface area contributed by atoms with Gasteiger partial charge < -0.3 is 10.1 Å². The van der Waals surface area contributed by atoms with Crippen molar-refractivity contribution in [3.05, 3.63) is 52.5 Å². The zero-order valence-corrected chi connectivity index (χ0v) is 13.4. The molecule has 0 saturated carbocycles. The lowest BCUT2D eigenvalue weighted by Crippen LogP contribution is -2.44. The molecule has 1 heterocycles. The van der Waals surface area contributed by atoms with E-state index >= 15 is 0 Å². The largest absolute Gasteiger partial charge is 0.487 e. The number of urea groups is 1. The third-order valence-electron chi connectivity index (χ3n) is 3.32. The normalized spacial score (nSPS) is 16.7. The summed E-state index contributed by atoms with van der Waals surface area (Å²) >= 11 is 11.9. The number of hydrogen-bond donors (Lipinski definition) is 1. The molecule has 0 aliphatic carbocycles. The van der Waals surface area contributed by atoms with Gasteiger partial charge in [0.1, 0.15) is 11.9 Å². The van der Waals surface area contributed by atoms with Crippen molar-refractivity contribution in [2.45, 2.75) is 13.0 Å². The number of fused-ring (bicyclic) bond motifs is 1. The average Bonchev–Trinajstić information content (AvgIpc) is 2.49. The highest BCUT2D eigenvalue weighted by Crippen LogP contribution is 2.36. The Morgan fingerprint density at radius 2 is 1.86 bits per heavy atom. The van der Waals surface area contributed by atoms with Crippen molar-refractivity contribution in [1.82, 2.24) is 0 Å². The Balaban J connectivity index is 1.86. The predicted octanol–water partition coefficient (Wildman–Crippen LogP) is 4.81. The molecule has 0 saturated heterocycles. The molecule has 2 aromatic rings. The van der Waals surface area contributed by atoms with Gasteiger partial charge in [0, 0.05) is 15.7 Å². The first-order valence-electron chi connectivity index (χ1n) is 6.83. The second kappa shape index (κ2) is 6.07. The van der Waals surface area contributed by atoms with E-state index in [0.717, 1.165) is 0 Å². The van der Waals surface area contributed by atoms with Crippen molar-refractivity contribution in [2.75, 3.05) is 16.8 Å². The number of nitrogens with one attached hydrogen (secondary N) is 1. The van der Waals surface area contributed by atoms with Gasteiger partial charge in [-0.3, -0.25) is 4.90 Å². The minimum absolute atomic E-state index is 0.0929. The zero-order chi connectivity index (χ0) is 15.7. The number of carbonyl (C=O) groups excluding carboxylic acids is 1. The van der Waals surface area contributed by atoms with E-state index in [0.29, 0.717) is 33.7 Å². The summed E-state index contributed by atoms with van der Waals surface area (Å²) in [6.45, 7) is 2.37. The van der Waals surface area contributed by atoms with Gasteiger partial charge in [-0.05, 0) is 49.4 Å². The summed E-state index contributed by atoms with van der Waals surface area (Å²) in [5.74, 6) is 0.648. The fraction of sp³-hybridized carbons (Fsp3) is 0.188. The Kier molecular flexibility index (Phi) is 4.14. The van der Waals surface area contributed by atoms with Gasteiger partial charge in [0.05, 0.1) is 12.2 Å². The van der Waals surface area contributed by atoms with Crippen LogP contribution in [0.1, 0.15) is 6.92 Å². The standard InChI is InChI=1S/C16H14Cl2N2O2/c1-10-9-20(14-8-12(18)4-7-15(14)22-10)16(21)19-13-5-2-11(17)3-6-13/h2-8,10H,9H2,1H3,(H,19,21)/t10-/m0/s1. The third-order valence-corrected chi connectivity index (χ3v) is 3.81. The molecule has 4 nitrogen and oxygen atoms in total. The van der Waals surface area contributed by atoms with Gasteiger partial charge in [0.2, 0.25) is 0 Å². The van der Waals surface area contributed by atoms with Crippen molar-refractivity contribution in [3.8, 4) is 5.75 Å². The van der Waals surface area contributed by atoms with Crippen molar-refractivity contribution in [1.29, 1.82) is 0 Å². The molecule has 0 aromatic heterocycles. The van der Waals surface area contributed by atoms with Crippen LogP contribution in [-0.2, 0) is 0 Å². The monoisotopic (exact) mass is 336 g/mol. The van der Waals surface area contributed by atoms with Gasteiger partial charge in [0.15, 0.2) is 0 Å². The number of halogens is 2. The number of carbonyl (C=O) groups is 1. The summed E-state index contributed by atoms with van der Waals surface area (Å²) in [4.78, 5) is 14.2. The molecule has 2 amide bonds. The highest BCUT2D eigenvalue weighted by atomic mass is 35.5. The van der Waals surface area contributed by atoms with Crippen LogP contribution in [0.4, 0.5) is 16.2 Å². The lowest BCUT2D eigenvalue weighted by atomic mass is 10.2. The summed E-state index contributed by atoms with van der Waals surface area (Å²) in [5.41, 5.74) is 1.34. The van der Waals surface area contributed by atoms with E-state index in [1.165, 1.54) is 0 Å². The molecule has 22 heavy (non-hydrogen) atoms. The molecule has 1 aliphatic rings. The van der Waals surface area contributed by atoms with Crippen LogP contribution < -0.4 is 15.0 Å². The van der Waals surface area contributed by atoms with Gasteiger partial charge in [0.25, 0.3) is 0 Å². The number of anilines is 2. The van der Waals surface area contributed by atoms with E-state index in [9.17, 15) is 4.79 Å². The molecule has 114 valence electrons. The second-order valence-electron chi connectivity index (χ2n) is 5.09. The SMILES string of the molecule is C[C@H]1CN(C(=O)Nc2ccc(Cl)cc2)c2cc(Cl)ccc2O1. The highest BCUT2D eigenvalue weighted by Gasteiger charge is 2.27. The first-order chi connectivity index (χ1) is 10.5. The van der Waals surface area contributed by atoms with Gasteiger partial charge in [-0.15, -0.1) is 0 Å². The Morgan fingerprint density at radius 1 is 1.18 bits per heavy atom. The topological polar surface area (TPSA) is 41.6 Å². The Morgan fingerprint density at radius 3 is 2.59 bits per heavy atom. The summed E-state index contributed by atoms with van der Waals surface area (Å²) in [6, 6.07) is 12.0. The smallest absolute Gasteiger partial charge is 0.326 e. The Hall–Kier alpha value is -1.91. The number of hydrogen-bond acceptors (Lipinski definition) is 2. The maximum Gasteiger partial charge on any atom is 0.326 e. The summed E-state index contributed by atoms with van der Waals surface area (Å²) in [7, 11) is 0. The zero-order valence-electron chi connectivity index (χ0n) is 11.8. The van der Waals surface area contributed by atoms with Crippen molar-refractivity contribution in [2.24, 2.45) is 0 Å². The number of amides is 2. The van der Waals surface area contributed by atoms with Crippen molar-refractivity contribution in [3.63, 3.8) is 0 Å². The minimum atomic E-state index is -0.235. The molecule has 3 rings (SSSR count). The molecule has 0 fully saturated rings. The van der Waals surface area contributed by atoms with Gasteiger partial charge >= 0.3 is 6.03 Å². The van der Waals surface area contributed by atoms with Crippen LogP contribution in [0.5, 0.6) is 5.75 Å². The molecule has 0 radical (unpaired) electrons. The number of benzene rings is 2. The van der Waals surface area contributed by atoms with Crippen LogP contribution in [0, 0.1) is 0 Å². The van der Waals surface area contributed by atoms with Crippen LogP contribution in [-0.4, -0.2) is 18.7 Å². The molecule has 1 atom stereocenters. The average molecular weight is 337 g/mol. The molecule has 0 spiro atoms.